The number of hydrogen-bond donors (Lipinski definition) is 0. The van der Waals surface area contributed by atoms with Crippen molar-refractivity contribution in [3.05, 3.63) is 0 Å². The molecule has 0 N–H and O–H groups in total. The first-order valence-corrected chi connectivity index (χ1v) is 7.51. The van der Waals surface area contributed by atoms with E-state index < -0.39 is 10.0 Å². The quantitative estimate of drug-likeness (QED) is 0.630. The maximum Gasteiger partial charge on any atom is 0.214 e. The van der Waals surface area contributed by atoms with E-state index in [0.29, 0.717) is 17.7 Å². The summed E-state index contributed by atoms with van der Waals surface area (Å²) in [7, 11) is -1.17. The van der Waals surface area contributed by atoms with E-state index in [1.54, 1.807) is 11.4 Å². The predicted octanol–water partition coefficient (Wildman–Crippen LogP) is 1.46. The fourth-order valence-corrected chi connectivity index (χ4v) is 6.74. The van der Waals surface area contributed by atoms with Crippen molar-refractivity contribution < 1.29 is 8.42 Å². The van der Waals surface area contributed by atoms with Crippen LogP contribution in [0.1, 0.15) is 32.6 Å². The lowest BCUT2D eigenvalue weighted by Gasteiger charge is -2.40. The SMILES string of the molecule is CC1CC2CC[C@]3(C2)CS(=O)(=O)N(C)C13. The molecular formula is C11H19NO2S. The fourth-order valence-electron chi connectivity index (χ4n) is 4.60. The van der Waals surface area contributed by atoms with E-state index in [4.69, 9.17) is 0 Å². The summed E-state index contributed by atoms with van der Waals surface area (Å²) in [4.78, 5) is 0. The monoisotopic (exact) mass is 229 g/mol. The molecule has 0 radical (unpaired) electrons. The molecule has 4 atom stereocenters. The zero-order valence-electron chi connectivity index (χ0n) is 9.44. The minimum atomic E-state index is -2.95. The van der Waals surface area contributed by atoms with Crippen LogP contribution in [0, 0.1) is 17.3 Å². The van der Waals surface area contributed by atoms with E-state index in [9.17, 15) is 8.42 Å². The molecule has 0 aromatic heterocycles. The van der Waals surface area contributed by atoms with Crippen molar-refractivity contribution in [3.63, 3.8) is 0 Å². The van der Waals surface area contributed by atoms with Crippen molar-refractivity contribution in [2.24, 2.45) is 17.3 Å². The maximum absolute atomic E-state index is 12.0. The van der Waals surface area contributed by atoms with Gasteiger partial charge in [0, 0.05) is 18.5 Å². The van der Waals surface area contributed by atoms with Crippen LogP contribution >= 0.6 is 0 Å². The Morgan fingerprint density at radius 1 is 1.40 bits per heavy atom. The van der Waals surface area contributed by atoms with Gasteiger partial charge in [0.2, 0.25) is 10.0 Å². The van der Waals surface area contributed by atoms with Gasteiger partial charge in [-0.15, -0.1) is 0 Å². The Labute approximate surface area is 91.9 Å². The van der Waals surface area contributed by atoms with Gasteiger partial charge in [0.05, 0.1) is 5.75 Å². The smallest absolute Gasteiger partial charge is 0.212 e. The molecule has 2 aliphatic carbocycles. The zero-order chi connectivity index (χ0) is 10.8. The molecule has 86 valence electrons. The van der Waals surface area contributed by atoms with E-state index >= 15 is 0 Å². The summed E-state index contributed by atoms with van der Waals surface area (Å²) < 4.78 is 25.6. The van der Waals surface area contributed by atoms with E-state index in [-0.39, 0.29) is 5.41 Å². The molecule has 1 heterocycles. The fraction of sp³-hybridized carbons (Fsp3) is 1.00. The van der Waals surface area contributed by atoms with Crippen molar-refractivity contribution in [2.45, 2.75) is 38.6 Å². The molecule has 1 aliphatic heterocycles. The van der Waals surface area contributed by atoms with Crippen molar-refractivity contribution in [3.8, 4) is 0 Å². The molecule has 4 heteroatoms. The Balaban J connectivity index is 2.08. The van der Waals surface area contributed by atoms with Crippen LogP contribution in [0.25, 0.3) is 0 Å². The average Bonchev–Trinajstić information content (AvgIpc) is 2.51. The number of nitrogens with zero attached hydrogens (tertiary/aromatic N) is 1. The molecule has 1 spiro atoms. The Kier molecular flexibility index (Phi) is 1.87. The summed E-state index contributed by atoms with van der Waals surface area (Å²) in [5.41, 5.74) is 0.121. The van der Waals surface area contributed by atoms with Gasteiger partial charge in [-0.05, 0) is 37.5 Å². The van der Waals surface area contributed by atoms with Crippen LogP contribution in [0.15, 0.2) is 0 Å². The zero-order valence-corrected chi connectivity index (χ0v) is 10.3. The van der Waals surface area contributed by atoms with Gasteiger partial charge >= 0.3 is 0 Å². The topological polar surface area (TPSA) is 37.4 Å². The number of hydrogen-bond acceptors (Lipinski definition) is 2. The molecule has 1 saturated heterocycles. The van der Waals surface area contributed by atoms with Crippen molar-refractivity contribution in [1.82, 2.24) is 4.31 Å². The summed E-state index contributed by atoms with van der Waals surface area (Å²) in [5, 5.41) is 0. The van der Waals surface area contributed by atoms with Crippen LogP contribution in [-0.4, -0.2) is 31.6 Å². The van der Waals surface area contributed by atoms with Crippen molar-refractivity contribution in [1.29, 1.82) is 0 Å². The predicted molar refractivity (Wildman–Crippen MR) is 58.9 cm³/mol. The highest BCUT2D eigenvalue weighted by atomic mass is 32.2. The normalized spacial score (nSPS) is 53.1. The van der Waals surface area contributed by atoms with E-state index in [0.717, 1.165) is 18.8 Å². The first-order valence-electron chi connectivity index (χ1n) is 5.90. The van der Waals surface area contributed by atoms with Crippen LogP contribution in [0.5, 0.6) is 0 Å². The highest BCUT2D eigenvalue weighted by molar-refractivity contribution is 7.89. The van der Waals surface area contributed by atoms with Gasteiger partial charge in [0.1, 0.15) is 0 Å². The molecule has 0 aromatic rings. The van der Waals surface area contributed by atoms with E-state index in [2.05, 4.69) is 6.92 Å². The molecule has 3 unspecified atom stereocenters. The molecule has 2 bridgehead atoms. The lowest BCUT2D eigenvalue weighted by molar-refractivity contribution is 0.0957. The highest BCUT2D eigenvalue weighted by Gasteiger charge is 2.60. The summed E-state index contributed by atoms with van der Waals surface area (Å²) >= 11 is 0. The number of sulfonamides is 1. The standard InChI is InChI=1S/C11H19NO2S/c1-8-5-9-3-4-11(6-9)7-15(13,14)12(2)10(8)11/h8-10H,3-7H2,1-2H3/t8?,9?,10?,11-/m0/s1. The van der Waals surface area contributed by atoms with Crippen molar-refractivity contribution in [2.75, 3.05) is 12.8 Å². The van der Waals surface area contributed by atoms with Crippen LogP contribution in [0.3, 0.4) is 0 Å². The minimum Gasteiger partial charge on any atom is -0.212 e. The van der Waals surface area contributed by atoms with Crippen molar-refractivity contribution >= 4 is 10.0 Å². The van der Waals surface area contributed by atoms with Gasteiger partial charge in [0.25, 0.3) is 0 Å². The molecule has 15 heavy (non-hydrogen) atoms. The molecule has 3 aliphatic rings. The van der Waals surface area contributed by atoms with Gasteiger partial charge in [0.15, 0.2) is 0 Å². The summed E-state index contributed by atoms with van der Waals surface area (Å²) in [6, 6.07) is 0.293. The molecule has 0 amide bonds. The third-order valence-electron chi connectivity index (χ3n) is 4.92. The minimum absolute atomic E-state index is 0.121. The lowest BCUT2D eigenvalue weighted by Crippen LogP contribution is -2.45. The Hall–Kier alpha value is -0.0900. The Bertz CT molecular complexity index is 391. The average molecular weight is 229 g/mol. The van der Waals surface area contributed by atoms with E-state index in [1.807, 2.05) is 0 Å². The third kappa shape index (κ3) is 1.18. The molecule has 3 rings (SSSR count). The molecule has 3 fully saturated rings. The Morgan fingerprint density at radius 3 is 2.87 bits per heavy atom. The molecule has 0 aromatic carbocycles. The van der Waals surface area contributed by atoms with Crippen LogP contribution in [-0.2, 0) is 10.0 Å². The first-order chi connectivity index (χ1) is 6.95. The van der Waals surface area contributed by atoms with Gasteiger partial charge in [-0.3, -0.25) is 0 Å². The van der Waals surface area contributed by atoms with Gasteiger partial charge in [-0.25, -0.2) is 12.7 Å². The number of rotatable bonds is 0. The molecule has 3 nitrogen and oxygen atoms in total. The molecular weight excluding hydrogens is 210 g/mol. The second kappa shape index (κ2) is 2.77. The summed E-state index contributed by atoms with van der Waals surface area (Å²) in [6.45, 7) is 2.23. The van der Waals surface area contributed by atoms with Crippen LogP contribution in [0.4, 0.5) is 0 Å². The van der Waals surface area contributed by atoms with Crippen LogP contribution < -0.4 is 0 Å². The van der Waals surface area contributed by atoms with Crippen LogP contribution in [0.2, 0.25) is 0 Å². The summed E-state index contributed by atoms with van der Waals surface area (Å²) in [5.74, 6) is 1.77. The second-order valence-corrected chi connectivity index (χ2v) is 7.93. The summed E-state index contributed by atoms with van der Waals surface area (Å²) in [6.07, 6.45) is 4.78. The maximum atomic E-state index is 12.0. The van der Waals surface area contributed by atoms with Gasteiger partial charge in [-0.2, -0.15) is 0 Å². The molecule has 2 saturated carbocycles. The number of fused-ring (bicyclic) bond motifs is 1. The first kappa shape index (κ1) is 10.1. The van der Waals surface area contributed by atoms with E-state index in [1.165, 1.54) is 12.8 Å². The Morgan fingerprint density at radius 2 is 2.13 bits per heavy atom. The largest absolute Gasteiger partial charge is 0.214 e. The highest BCUT2D eigenvalue weighted by Crippen LogP contribution is 2.58. The van der Waals surface area contributed by atoms with Gasteiger partial charge < -0.3 is 0 Å². The van der Waals surface area contributed by atoms with Gasteiger partial charge in [-0.1, -0.05) is 6.92 Å². The lowest BCUT2D eigenvalue weighted by atomic mass is 9.68. The second-order valence-electron chi connectivity index (χ2n) is 5.90. The third-order valence-corrected chi connectivity index (χ3v) is 6.96.